The van der Waals surface area contributed by atoms with Crippen molar-refractivity contribution in [3.63, 3.8) is 0 Å². The molecule has 1 amide bonds. The number of alkyl halides is 3. The fourth-order valence-corrected chi connectivity index (χ4v) is 3.72. The number of amides is 1. The van der Waals surface area contributed by atoms with Crippen molar-refractivity contribution in [1.29, 1.82) is 0 Å². The van der Waals surface area contributed by atoms with Crippen molar-refractivity contribution in [2.24, 2.45) is 5.10 Å². The molecule has 0 saturated carbocycles. The molecule has 4 rings (SSSR count). The molecule has 0 bridgehead atoms. The van der Waals surface area contributed by atoms with Gasteiger partial charge in [-0.3, -0.25) is 14.9 Å². The Kier molecular flexibility index (Phi) is 9.38. The highest BCUT2D eigenvalue weighted by Crippen LogP contribution is 2.38. The Balaban J connectivity index is 1.47. The molecule has 9 nitrogen and oxygen atoms in total. The summed E-state index contributed by atoms with van der Waals surface area (Å²) in [5, 5.41) is 15.4. The van der Waals surface area contributed by atoms with Crippen molar-refractivity contribution in [3.8, 4) is 23.0 Å². The number of hydrogen-bond acceptors (Lipinski definition) is 7. The smallest absolute Gasteiger partial charge is 0.416 e. The third-order valence-electron chi connectivity index (χ3n) is 5.73. The summed E-state index contributed by atoms with van der Waals surface area (Å²) >= 11 is 0. The van der Waals surface area contributed by atoms with Crippen molar-refractivity contribution in [3.05, 3.63) is 123 Å². The van der Waals surface area contributed by atoms with E-state index in [9.17, 15) is 28.1 Å². The van der Waals surface area contributed by atoms with Crippen LogP contribution in [0.1, 0.15) is 34.0 Å². The number of benzene rings is 4. The van der Waals surface area contributed by atoms with Crippen LogP contribution in [0.25, 0.3) is 0 Å². The van der Waals surface area contributed by atoms with Gasteiger partial charge in [0.05, 0.1) is 23.3 Å². The first-order chi connectivity index (χ1) is 20.2. The molecule has 0 atom stereocenters. The van der Waals surface area contributed by atoms with Crippen molar-refractivity contribution < 1.29 is 37.1 Å². The van der Waals surface area contributed by atoms with E-state index in [1.165, 1.54) is 18.3 Å². The van der Waals surface area contributed by atoms with Crippen LogP contribution in [0.4, 0.5) is 18.9 Å². The summed E-state index contributed by atoms with van der Waals surface area (Å²) in [6.07, 6.45) is -3.52. The maximum atomic E-state index is 13.0. The lowest BCUT2D eigenvalue weighted by molar-refractivity contribution is -0.385. The number of halogens is 3. The topological polar surface area (TPSA) is 112 Å². The molecular formula is C30H24F3N3O6. The summed E-state index contributed by atoms with van der Waals surface area (Å²) in [5.74, 6) is -0.0439. The Labute approximate surface area is 238 Å². The second kappa shape index (κ2) is 13.3. The number of hydrogen-bond donors (Lipinski definition) is 1. The summed E-state index contributed by atoms with van der Waals surface area (Å²) in [7, 11) is 0. The van der Waals surface area contributed by atoms with Crippen LogP contribution in [0.5, 0.6) is 23.0 Å². The maximum absolute atomic E-state index is 13.0. The van der Waals surface area contributed by atoms with Gasteiger partial charge in [0.25, 0.3) is 5.91 Å². The van der Waals surface area contributed by atoms with Crippen LogP contribution in [-0.2, 0) is 12.8 Å². The van der Waals surface area contributed by atoms with Gasteiger partial charge in [-0.2, -0.15) is 18.3 Å². The molecule has 4 aromatic carbocycles. The molecule has 0 fully saturated rings. The third kappa shape index (κ3) is 7.62. The van der Waals surface area contributed by atoms with Crippen molar-refractivity contribution in [2.75, 3.05) is 6.61 Å². The lowest BCUT2D eigenvalue weighted by atomic mass is 10.1. The highest BCUT2D eigenvalue weighted by Gasteiger charge is 2.33. The van der Waals surface area contributed by atoms with Crippen LogP contribution < -0.4 is 19.6 Å². The Morgan fingerprint density at radius 1 is 0.905 bits per heavy atom. The largest absolute Gasteiger partial charge is 0.490 e. The van der Waals surface area contributed by atoms with E-state index >= 15 is 0 Å². The standard InChI is InChI=1S/C30H24F3N3O6/c1-2-40-28-16-21(12-14-27(28)41-19-20-8-4-3-5-9-20)29(37)35-34-18-22-10-6-7-11-25(22)42-26-15-13-23(30(31,32)33)17-24(26)36(38)39/h3-18H,2,19H2,1H3,(H,35,37)/b34-18+. The number of para-hydroxylation sites is 1. The van der Waals surface area contributed by atoms with E-state index in [1.807, 2.05) is 30.3 Å². The van der Waals surface area contributed by atoms with Gasteiger partial charge in [0.15, 0.2) is 11.5 Å². The second-order valence-corrected chi connectivity index (χ2v) is 8.65. The molecular weight excluding hydrogens is 555 g/mol. The number of carbonyl (C=O) groups is 1. The van der Waals surface area contributed by atoms with Crippen LogP contribution in [-0.4, -0.2) is 23.7 Å². The summed E-state index contributed by atoms with van der Waals surface area (Å²) in [4.78, 5) is 23.2. The fraction of sp³-hybridized carbons (Fsp3) is 0.133. The molecule has 0 unspecified atom stereocenters. The number of nitro groups is 1. The number of ether oxygens (including phenoxy) is 3. The van der Waals surface area contributed by atoms with Gasteiger partial charge in [-0.25, -0.2) is 5.43 Å². The van der Waals surface area contributed by atoms with Gasteiger partial charge < -0.3 is 14.2 Å². The monoisotopic (exact) mass is 579 g/mol. The Hall–Kier alpha value is -5.39. The van der Waals surface area contributed by atoms with E-state index in [-0.39, 0.29) is 11.3 Å². The van der Waals surface area contributed by atoms with Gasteiger partial charge in [0.2, 0.25) is 5.75 Å². The van der Waals surface area contributed by atoms with E-state index in [0.717, 1.165) is 11.6 Å². The van der Waals surface area contributed by atoms with Crippen molar-refractivity contribution >= 4 is 17.8 Å². The molecule has 42 heavy (non-hydrogen) atoms. The van der Waals surface area contributed by atoms with E-state index in [1.54, 1.807) is 37.3 Å². The first-order valence-corrected chi connectivity index (χ1v) is 12.5. The molecule has 0 heterocycles. The average Bonchev–Trinajstić information content (AvgIpc) is 2.97. The molecule has 0 spiro atoms. The number of carbonyl (C=O) groups excluding carboxylic acids is 1. The molecule has 12 heteroatoms. The van der Waals surface area contributed by atoms with Gasteiger partial charge in [0.1, 0.15) is 12.4 Å². The predicted molar refractivity (Wildman–Crippen MR) is 148 cm³/mol. The van der Waals surface area contributed by atoms with Gasteiger partial charge in [-0.05, 0) is 55.0 Å². The van der Waals surface area contributed by atoms with Crippen molar-refractivity contribution in [1.82, 2.24) is 5.43 Å². The molecule has 0 aliphatic rings. The van der Waals surface area contributed by atoms with Crippen LogP contribution >= 0.6 is 0 Å². The van der Waals surface area contributed by atoms with Gasteiger partial charge in [-0.1, -0.05) is 42.5 Å². The normalized spacial score (nSPS) is 11.2. The molecule has 0 aromatic heterocycles. The predicted octanol–water partition coefficient (Wildman–Crippen LogP) is 7.15. The van der Waals surface area contributed by atoms with Gasteiger partial charge in [-0.15, -0.1) is 0 Å². The van der Waals surface area contributed by atoms with Crippen LogP contribution in [0.15, 0.2) is 96.1 Å². The highest BCUT2D eigenvalue weighted by molar-refractivity contribution is 5.95. The number of nitrogens with zero attached hydrogens (tertiary/aromatic N) is 2. The quantitative estimate of drug-likeness (QED) is 0.115. The molecule has 1 N–H and O–H groups in total. The molecule has 0 aliphatic heterocycles. The summed E-state index contributed by atoms with van der Waals surface area (Å²) in [6, 6.07) is 22.4. The zero-order valence-corrected chi connectivity index (χ0v) is 22.1. The minimum Gasteiger partial charge on any atom is -0.490 e. The van der Waals surface area contributed by atoms with Crippen LogP contribution in [0.2, 0.25) is 0 Å². The molecule has 0 saturated heterocycles. The lowest BCUT2D eigenvalue weighted by Crippen LogP contribution is -2.17. The summed E-state index contributed by atoms with van der Waals surface area (Å²) in [6.45, 7) is 2.46. The van der Waals surface area contributed by atoms with Gasteiger partial charge >= 0.3 is 11.9 Å². The van der Waals surface area contributed by atoms with E-state index in [2.05, 4.69) is 10.5 Å². The molecule has 0 aliphatic carbocycles. The minimum absolute atomic E-state index is 0.0666. The maximum Gasteiger partial charge on any atom is 0.416 e. The summed E-state index contributed by atoms with van der Waals surface area (Å²) in [5.41, 5.74) is 1.86. The molecule has 216 valence electrons. The Morgan fingerprint density at radius 3 is 2.33 bits per heavy atom. The van der Waals surface area contributed by atoms with Crippen molar-refractivity contribution in [2.45, 2.75) is 19.7 Å². The SMILES string of the molecule is CCOc1cc(C(=O)N/N=C/c2ccccc2Oc2ccc(C(F)(F)F)cc2[N+](=O)[O-])ccc1OCc1ccccc1. The number of nitrogens with one attached hydrogen (secondary N) is 1. The van der Waals surface area contributed by atoms with Crippen LogP contribution in [0.3, 0.4) is 0 Å². The van der Waals surface area contributed by atoms with Gasteiger partial charge in [0, 0.05) is 17.2 Å². The number of nitro benzene ring substituents is 1. The highest BCUT2D eigenvalue weighted by atomic mass is 19.4. The zero-order chi connectivity index (χ0) is 30.1. The van der Waals surface area contributed by atoms with E-state index in [4.69, 9.17) is 14.2 Å². The summed E-state index contributed by atoms with van der Waals surface area (Å²) < 4.78 is 56.2. The zero-order valence-electron chi connectivity index (χ0n) is 22.1. The Morgan fingerprint density at radius 2 is 1.62 bits per heavy atom. The first-order valence-electron chi connectivity index (χ1n) is 12.5. The van der Waals surface area contributed by atoms with Crippen LogP contribution in [0, 0.1) is 10.1 Å². The fourth-order valence-electron chi connectivity index (χ4n) is 3.72. The first kappa shape index (κ1) is 29.6. The third-order valence-corrected chi connectivity index (χ3v) is 5.73. The second-order valence-electron chi connectivity index (χ2n) is 8.65. The average molecular weight is 580 g/mol. The molecule has 0 radical (unpaired) electrons. The Bertz CT molecular complexity index is 1590. The molecule has 4 aromatic rings. The number of rotatable bonds is 11. The number of hydrazone groups is 1. The van der Waals surface area contributed by atoms with E-state index < -0.39 is 34.0 Å². The lowest BCUT2D eigenvalue weighted by Gasteiger charge is -2.13. The van der Waals surface area contributed by atoms with E-state index in [0.29, 0.717) is 42.4 Å². The minimum atomic E-state index is -4.76.